The Kier molecular flexibility index (Phi) is 10.1. The summed E-state index contributed by atoms with van der Waals surface area (Å²) in [6.45, 7) is 2.79. The summed E-state index contributed by atoms with van der Waals surface area (Å²) in [4.78, 5) is 5.69. The van der Waals surface area contributed by atoms with E-state index in [1.54, 1.807) is 7.11 Å². The Balaban J connectivity index is 0.00000300. The first-order chi connectivity index (χ1) is 13.7. The molecule has 0 atom stereocenters. The molecule has 0 amide bonds. The number of ether oxygens (including phenoxy) is 2. The van der Waals surface area contributed by atoms with Crippen molar-refractivity contribution < 1.29 is 9.47 Å². The Bertz CT molecular complexity index is 752. The molecule has 7 heteroatoms. The summed E-state index contributed by atoms with van der Waals surface area (Å²) in [5.74, 6) is 1.69. The van der Waals surface area contributed by atoms with Crippen LogP contribution in [0.2, 0.25) is 0 Å². The minimum absolute atomic E-state index is 0. The van der Waals surface area contributed by atoms with Gasteiger partial charge in [0.05, 0.1) is 6.61 Å². The van der Waals surface area contributed by atoms with Crippen LogP contribution in [0.4, 0.5) is 0 Å². The molecule has 29 heavy (non-hydrogen) atoms. The zero-order chi connectivity index (χ0) is 19.7. The molecule has 0 saturated heterocycles. The van der Waals surface area contributed by atoms with E-state index in [0.29, 0.717) is 18.0 Å². The SMILES string of the molecule is CN=C(NCc1ccc(OCCOC)cc1)NCC1(Sc2ccccc2)CC1.I. The van der Waals surface area contributed by atoms with E-state index in [4.69, 9.17) is 9.47 Å². The third-order valence-electron chi connectivity index (χ3n) is 4.63. The lowest BCUT2D eigenvalue weighted by Gasteiger charge is -2.18. The molecule has 3 rings (SSSR count). The van der Waals surface area contributed by atoms with Gasteiger partial charge in [-0.25, -0.2) is 0 Å². The molecule has 5 nitrogen and oxygen atoms in total. The molecule has 1 aliphatic rings. The Morgan fingerprint density at radius 2 is 1.76 bits per heavy atom. The highest BCUT2D eigenvalue weighted by Crippen LogP contribution is 2.51. The van der Waals surface area contributed by atoms with Gasteiger partial charge in [0.15, 0.2) is 5.96 Å². The number of halogens is 1. The molecule has 2 aromatic rings. The van der Waals surface area contributed by atoms with Crippen LogP contribution in [0.5, 0.6) is 5.75 Å². The summed E-state index contributed by atoms with van der Waals surface area (Å²) in [7, 11) is 3.48. The molecule has 2 aromatic carbocycles. The van der Waals surface area contributed by atoms with Gasteiger partial charge in [-0.05, 0) is 42.7 Å². The first kappa shape index (κ1) is 23.8. The minimum Gasteiger partial charge on any atom is -0.491 e. The van der Waals surface area contributed by atoms with Crippen LogP contribution in [-0.4, -0.2) is 44.6 Å². The van der Waals surface area contributed by atoms with E-state index in [1.807, 2.05) is 30.9 Å². The maximum atomic E-state index is 5.60. The Hall–Kier alpha value is -1.45. The van der Waals surface area contributed by atoms with Crippen LogP contribution in [-0.2, 0) is 11.3 Å². The van der Waals surface area contributed by atoms with Crippen LogP contribution >= 0.6 is 35.7 Å². The molecule has 1 saturated carbocycles. The third-order valence-corrected chi connectivity index (χ3v) is 6.12. The van der Waals surface area contributed by atoms with Crippen LogP contribution < -0.4 is 15.4 Å². The van der Waals surface area contributed by atoms with Gasteiger partial charge in [-0.15, -0.1) is 35.7 Å². The van der Waals surface area contributed by atoms with Crippen molar-refractivity contribution in [2.45, 2.75) is 29.0 Å². The van der Waals surface area contributed by atoms with E-state index in [9.17, 15) is 0 Å². The van der Waals surface area contributed by atoms with E-state index in [0.717, 1.165) is 24.8 Å². The van der Waals surface area contributed by atoms with Gasteiger partial charge in [-0.3, -0.25) is 4.99 Å². The predicted molar refractivity (Wildman–Crippen MR) is 132 cm³/mol. The second-order valence-electron chi connectivity index (χ2n) is 6.86. The van der Waals surface area contributed by atoms with E-state index >= 15 is 0 Å². The highest BCUT2D eigenvalue weighted by atomic mass is 127. The van der Waals surface area contributed by atoms with Crippen molar-refractivity contribution in [1.29, 1.82) is 0 Å². The van der Waals surface area contributed by atoms with Crippen LogP contribution in [0.25, 0.3) is 0 Å². The van der Waals surface area contributed by atoms with E-state index in [2.05, 4.69) is 58.1 Å². The largest absolute Gasteiger partial charge is 0.491 e. The van der Waals surface area contributed by atoms with Crippen molar-refractivity contribution in [2.24, 2.45) is 4.99 Å². The summed E-state index contributed by atoms with van der Waals surface area (Å²) < 4.78 is 10.9. The van der Waals surface area contributed by atoms with Gasteiger partial charge in [0.25, 0.3) is 0 Å². The lowest BCUT2D eigenvalue weighted by Crippen LogP contribution is -2.40. The van der Waals surface area contributed by atoms with Gasteiger partial charge in [0.2, 0.25) is 0 Å². The maximum Gasteiger partial charge on any atom is 0.191 e. The van der Waals surface area contributed by atoms with Crippen molar-refractivity contribution in [2.75, 3.05) is 33.9 Å². The summed E-state index contributed by atoms with van der Waals surface area (Å²) in [6.07, 6.45) is 2.47. The fourth-order valence-corrected chi connectivity index (χ4v) is 4.03. The van der Waals surface area contributed by atoms with E-state index in [1.165, 1.54) is 23.3 Å². The molecule has 0 heterocycles. The molecule has 0 aliphatic heterocycles. The van der Waals surface area contributed by atoms with Crippen LogP contribution in [0.1, 0.15) is 18.4 Å². The number of benzene rings is 2. The van der Waals surface area contributed by atoms with Gasteiger partial charge in [0, 0.05) is 36.9 Å². The first-order valence-corrected chi connectivity index (χ1v) is 10.4. The smallest absolute Gasteiger partial charge is 0.191 e. The highest BCUT2D eigenvalue weighted by molar-refractivity contribution is 14.0. The molecule has 1 fully saturated rings. The van der Waals surface area contributed by atoms with E-state index in [-0.39, 0.29) is 24.0 Å². The molecule has 0 radical (unpaired) electrons. The average Bonchev–Trinajstić information content (AvgIpc) is 3.49. The zero-order valence-corrected chi connectivity index (χ0v) is 20.2. The number of nitrogens with one attached hydrogen (secondary N) is 2. The second-order valence-corrected chi connectivity index (χ2v) is 8.40. The normalized spacial score (nSPS) is 14.6. The topological polar surface area (TPSA) is 54.9 Å². The summed E-state index contributed by atoms with van der Waals surface area (Å²) in [5, 5.41) is 6.88. The number of guanidine groups is 1. The van der Waals surface area contributed by atoms with Gasteiger partial charge in [-0.2, -0.15) is 0 Å². The van der Waals surface area contributed by atoms with E-state index < -0.39 is 0 Å². The number of hydrogen-bond donors (Lipinski definition) is 2. The van der Waals surface area contributed by atoms with Crippen molar-refractivity contribution in [3.8, 4) is 5.75 Å². The van der Waals surface area contributed by atoms with Crippen molar-refractivity contribution >= 4 is 41.7 Å². The Morgan fingerprint density at radius 1 is 1.03 bits per heavy atom. The second kappa shape index (κ2) is 12.3. The van der Waals surface area contributed by atoms with Gasteiger partial charge in [-0.1, -0.05) is 30.3 Å². The maximum absolute atomic E-state index is 5.60. The molecule has 0 aromatic heterocycles. The molecular formula is C22H30IN3O2S. The van der Waals surface area contributed by atoms with Crippen molar-refractivity contribution in [3.05, 3.63) is 60.2 Å². The quantitative estimate of drug-likeness (QED) is 0.209. The molecular weight excluding hydrogens is 497 g/mol. The number of hydrogen-bond acceptors (Lipinski definition) is 4. The lowest BCUT2D eigenvalue weighted by molar-refractivity contribution is 0.146. The molecule has 0 unspecified atom stereocenters. The predicted octanol–water partition coefficient (Wildman–Crippen LogP) is 4.32. The number of methoxy groups -OCH3 is 1. The summed E-state index contributed by atoms with van der Waals surface area (Å²) >= 11 is 1.97. The Labute approximate surface area is 195 Å². The van der Waals surface area contributed by atoms with Gasteiger partial charge < -0.3 is 20.1 Å². The Morgan fingerprint density at radius 3 is 2.38 bits per heavy atom. The average molecular weight is 527 g/mol. The van der Waals surface area contributed by atoms with Crippen molar-refractivity contribution in [1.82, 2.24) is 10.6 Å². The molecule has 1 aliphatic carbocycles. The van der Waals surface area contributed by atoms with Crippen molar-refractivity contribution in [3.63, 3.8) is 0 Å². The summed E-state index contributed by atoms with van der Waals surface area (Å²) in [6, 6.07) is 18.7. The zero-order valence-electron chi connectivity index (χ0n) is 17.0. The lowest BCUT2D eigenvalue weighted by atomic mass is 10.2. The van der Waals surface area contributed by atoms with Gasteiger partial charge >= 0.3 is 0 Å². The number of rotatable bonds is 10. The third kappa shape index (κ3) is 8.06. The summed E-state index contributed by atoms with van der Waals surface area (Å²) in [5.41, 5.74) is 1.18. The molecule has 2 N–H and O–H groups in total. The monoisotopic (exact) mass is 527 g/mol. The fourth-order valence-electron chi connectivity index (χ4n) is 2.79. The van der Waals surface area contributed by atoms with Crippen LogP contribution in [0.3, 0.4) is 0 Å². The number of aliphatic imine (C=N–C) groups is 1. The van der Waals surface area contributed by atoms with Crippen LogP contribution in [0.15, 0.2) is 64.5 Å². The highest BCUT2D eigenvalue weighted by Gasteiger charge is 2.43. The number of thioether (sulfide) groups is 1. The molecule has 0 bridgehead atoms. The minimum atomic E-state index is 0. The fraction of sp³-hybridized carbons (Fsp3) is 0.409. The number of nitrogens with zero attached hydrogens (tertiary/aromatic N) is 1. The molecule has 0 spiro atoms. The standard InChI is InChI=1S/C22H29N3O2S.HI/c1-23-21(24-16-18-8-10-19(11-9-18)27-15-14-26-2)25-17-22(12-13-22)28-20-6-4-3-5-7-20;/h3-11H,12-17H2,1-2H3,(H2,23,24,25);1H. The van der Waals surface area contributed by atoms with Crippen LogP contribution in [0, 0.1) is 0 Å². The molecule has 158 valence electrons. The first-order valence-electron chi connectivity index (χ1n) is 9.62. The van der Waals surface area contributed by atoms with Gasteiger partial charge in [0.1, 0.15) is 12.4 Å².